The maximum absolute atomic E-state index is 12.0. The Hall–Kier alpha value is -1.31. The van der Waals surface area contributed by atoms with Crippen molar-refractivity contribution in [3.8, 4) is 5.75 Å². The Balaban J connectivity index is 2.81. The van der Waals surface area contributed by atoms with Crippen LogP contribution < -0.4 is 4.74 Å². The van der Waals surface area contributed by atoms with E-state index in [2.05, 4.69) is 6.07 Å². The smallest absolute Gasteiger partial charge is 0.178 e. The molecule has 94 valence electrons. The van der Waals surface area contributed by atoms with Crippen LogP contribution in [0.5, 0.6) is 5.75 Å². The Labute approximate surface area is 104 Å². The minimum Gasteiger partial charge on any atom is -0.483 e. The van der Waals surface area contributed by atoms with Gasteiger partial charge in [-0.15, -0.1) is 0 Å². The van der Waals surface area contributed by atoms with Crippen LogP contribution in [0.4, 0.5) is 0 Å². The molecular formula is C15H22O2. The molecule has 0 N–H and O–H groups in total. The van der Waals surface area contributed by atoms with Gasteiger partial charge in [0.25, 0.3) is 0 Å². The van der Waals surface area contributed by atoms with Crippen molar-refractivity contribution >= 4 is 5.78 Å². The largest absolute Gasteiger partial charge is 0.483 e. The van der Waals surface area contributed by atoms with Crippen LogP contribution in [-0.2, 0) is 4.79 Å². The molecule has 1 rings (SSSR count). The number of carbonyl (C=O) groups is 1. The van der Waals surface area contributed by atoms with E-state index < -0.39 is 6.10 Å². The van der Waals surface area contributed by atoms with Gasteiger partial charge in [0.2, 0.25) is 0 Å². The third-order valence-electron chi connectivity index (χ3n) is 2.74. The van der Waals surface area contributed by atoms with Crippen molar-refractivity contribution < 1.29 is 9.53 Å². The molecule has 0 spiro atoms. The molecule has 0 aliphatic carbocycles. The molecule has 0 aliphatic heterocycles. The highest BCUT2D eigenvalue weighted by molar-refractivity contribution is 5.87. The minimum absolute atomic E-state index is 0.123. The van der Waals surface area contributed by atoms with E-state index >= 15 is 0 Å². The minimum atomic E-state index is -0.406. The van der Waals surface area contributed by atoms with E-state index in [1.807, 2.05) is 53.7 Å². The second-order valence-corrected chi connectivity index (χ2v) is 5.64. The van der Waals surface area contributed by atoms with Crippen molar-refractivity contribution in [2.45, 2.75) is 47.6 Å². The molecule has 0 aliphatic rings. The standard InChI is InChI=1S/C15H22O2/c1-10-7-8-13(11(2)9-10)17-12(3)14(16)15(4,5)6/h7-9,12H,1-6H3. The first-order chi connectivity index (χ1) is 7.71. The molecule has 0 saturated carbocycles. The lowest BCUT2D eigenvalue weighted by molar-refractivity contribution is -0.132. The van der Waals surface area contributed by atoms with Gasteiger partial charge in [0, 0.05) is 5.41 Å². The number of ketones is 1. The summed E-state index contributed by atoms with van der Waals surface area (Å²) in [5.74, 6) is 0.915. The Kier molecular flexibility index (Phi) is 3.97. The summed E-state index contributed by atoms with van der Waals surface area (Å²) in [5.41, 5.74) is 1.90. The van der Waals surface area contributed by atoms with E-state index in [0.717, 1.165) is 11.3 Å². The van der Waals surface area contributed by atoms with Crippen LogP contribution in [0.3, 0.4) is 0 Å². The van der Waals surface area contributed by atoms with Crippen LogP contribution in [0.25, 0.3) is 0 Å². The summed E-state index contributed by atoms with van der Waals surface area (Å²) in [6, 6.07) is 5.98. The lowest BCUT2D eigenvalue weighted by Crippen LogP contribution is -2.34. The van der Waals surface area contributed by atoms with E-state index in [4.69, 9.17) is 4.74 Å². The fraction of sp³-hybridized carbons (Fsp3) is 0.533. The average molecular weight is 234 g/mol. The molecule has 2 heteroatoms. The number of Topliss-reactive ketones (excluding diaryl/α,β-unsaturated/α-hetero) is 1. The first-order valence-electron chi connectivity index (χ1n) is 6.00. The van der Waals surface area contributed by atoms with E-state index in [9.17, 15) is 4.79 Å². The number of rotatable bonds is 3. The summed E-state index contributed by atoms with van der Waals surface area (Å²) >= 11 is 0. The number of hydrogen-bond donors (Lipinski definition) is 0. The van der Waals surface area contributed by atoms with E-state index in [1.165, 1.54) is 5.56 Å². The molecule has 0 radical (unpaired) electrons. The zero-order chi connectivity index (χ0) is 13.2. The third kappa shape index (κ3) is 3.58. The highest BCUT2D eigenvalue weighted by Gasteiger charge is 2.28. The van der Waals surface area contributed by atoms with Crippen LogP contribution in [0, 0.1) is 19.3 Å². The highest BCUT2D eigenvalue weighted by atomic mass is 16.5. The summed E-state index contributed by atoms with van der Waals surface area (Å²) in [5, 5.41) is 0. The second-order valence-electron chi connectivity index (χ2n) is 5.64. The normalized spacial score (nSPS) is 13.3. The number of ether oxygens (including phenoxy) is 1. The molecule has 2 nitrogen and oxygen atoms in total. The molecule has 1 aromatic carbocycles. The third-order valence-corrected chi connectivity index (χ3v) is 2.74. The van der Waals surface area contributed by atoms with Crippen LogP contribution in [0.15, 0.2) is 18.2 Å². The first kappa shape index (κ1) is 13.8. The fourth-order valence-electron chi connectivity index (χ4n) is 1.79. The number of benzene rings is 1. The Morgan fingerprint density at radius 2 is 1.82 bits per heavy atom. The maximum Gasteiger partial charge on any atom is 0.178 e. The Morgan fingerprint density at radius 3 is 2.29 bits per heavy atom. The SMILES string of the molecule is Cc1ccc(OC(C)C(=O)C(C)(C)C)c(C)c1. The highest BCUT2D eigenvalue weighted by Crippen LogP contribution is 2.23. The van der Waals surface area contributed by atoms with Gasteiger partial charge >= 0.3 is 0 Å². The van der Waals surface area contributed by atoms with Gasteiger partial charge in [-0.3, -0.25) is 4.79 Å². The second kappa shape index (κ2) is 4.91. The van der Waals surface area contributed by atoms with Crippen molar-refractivity contribution in [1.29, 1.82) is 0 Å². The first-order valence-corrected chi connectivity index (χ1v) is 6.00. The summed E-state index contributed by atoms with van der Waals surface area (Å²) in [4.78, 5) is 12.0. The molecule has 1 aromatic rings. The van der Waals surface area contributed by atoms with Gasteiger partial charge in [-0.2, -0.15) is 0 Å². The molecule has 17 heavy (non-hydrogen) atoms. The van der Waals surface area contributed by atoms with Crippen molar-refractivity contribution in [2.75, 3.05) is 0 Å². The zero-order valence-electron chi connectivity index (χ0n) is 11.6. The predicted octanol–water partition coefficient (Wildman–Crippen LogP) is 3.69. The number of carbonyl (C=O) groups excluding carboxylic acids is 1. The summed E-state index contributed by atoms with van der Waals surface area (Å²) in [6.45, 7) is 11.6. The quantitative estimate of drug-likeness (QED) is 0.797. The van der Waals surface area contributed by atoms with Crippen molar-refractivity contribution in [3.05, 3.63) is 29.3 Å². The molecule has 0 aromatic heterocycles. The fourth-order valence-corrected chi connectivity index (χ4v) is 1.79. The average Bonchev–Trinajstić information content (AvgIpc) is 2.19. The van der Waals surface area contributed by atoms with Gasteiger partial charge < -0.3 is 4.74 Å². The van der Waals surface area contributed by atoms with Gasteiger partial charge in [-0.25, -0.2) is 0 Å². The molecule has 1 unspecified atom stereocenters. The number of aryl methyl sites for hydroxylation is 2. The Morgan fingerprint density at radius 1 is 1.24 bits per heavy atom. The zero-order valence-corrected chi connectivity index (χ0v) is 11.6. The maximum atomic E-state index is 12.0. The summed E-state index contributed by atoms with van der Waals surface area (Å²) < 4.78 is 5.74. The molecular weight excluding hydrogens is 212 g/mol. The molecule has 0 heterocycles. The summed E-state index contributed by atoms with van der Waals surface area (Å²) in [6.07, 6.45) is -0.406. The lowest BCUT2D eigenvalue weighted by Gasteiger charge is -2.23. The molecule has 0 saturated heterocycles. The number of hydrogen-bond acceptors (Lipinski definition) is 2. The van der Waals surface area contributed by atoms with E-state index in [0.29, 0.717) is 0 Å². The van der Waals surface area contributed by atoms with Gasteiger partial charge in [0.15, 0.2) is 11.9 Å². The van der Waals surface area contributed by atoms with Gasteiger partial charge in [0.1, 0.15) is 5.75 Å². The van der Waals surface area contributed by atoms with Crippen molar-refractivity contribution in [1.82, 2.24) is 0 Å². The van der Waals surface area contributed by atoms with Crippen LogP contribution in [-0.4, -0.2) is 11.9 Å². The molecule has 0 fully saturated rings. The van der Waals surface area contributed by atoms with Gasteiger partial charge in [0.05, 0.1) is 0 Å². The monoisotopic (exact) mass is 234 g/mol. The summed E-state index contributed by atoms with van der Waals surface area (Å²) in [7, 11) is 0. The molecule has 1 atom stereocenters. The topological polar surface area (TPSA) is 26.3 Å². The van der Waals surface area contributed by atoms with Crippen molar-refractivity contribution in [3.63, 3.8) is 0 Å². The van der Waals surface area contributed by atoms with E-state index in [1.54, 1.807) is 0 Å². The van der Waals surface area contributed by atoms with Crippen molar-refractivity contribution in [2.24, 2.45) is 5.41 Å². The van der Waals surface area contributed by atoms with Crippen LogP contribution in [0.2, 0.25) is 0 Å². The van der Waals surface area contributed by atoms with Gasteiger partial charge in [-0.05, 0) is 32.4 Å². The van der Waals surface area contributed by atoms with Gasteiger partial charge in [-0.1, -0.05) is 38.5 Å². The molecule has 0 amide bonds. The van der Waals surface area contributed by atoms with Crippen LogP contribution in [0.1, 0.15) is 38.8 Å². The predicted molar refractivity (Wildman–Crippen MR) is 70.5 cm³/mol. The van der Waals surface area contributed by atoms with E-state index in [-0.39, 0.29) is 11.2 Å². The molecule has 0 bridgehead atoms. The van der Waals surface area contributed by atoms with Crippen LogP contribution >= 0.6 is 0 Å². The Bertz CT molecular complexity index is 413. The lowest BCUT2D eigenvalue weighted by atomic mass is 9.88.